The maximum atomic E-state index is 11.8. The Morgan fingerprint density at radius 1 is 1.31 bits per heavy atom. The number of sulfonamides is 1. The molecule has 16 heavy (non-hydrogen) atoms. The van der Waals surface area contributed by atoms with Gasteiger partial charge in [0.2, 0.25) is 10.0 Å². The molecular formula is C10H21NO4S. The van der Waals surface area contributed by atoms with E-state index in [9.17, 15) is 13.2 Å². The first-order valence-electron chi connectivity index (χ1n) is 5.22. The summed E-state index contributed by atoms with van der Waals surface area (Å²) in [5, 5.41) is 8.92. The van der Waals surface area contributed by atoms with Crippen molar-refractivity contribution < 1.29 is 18.3 Å². The summed E-state index contributed by atoms with van der Waals surface area (Å²) in [7, 11) is -3.62. The monoisotopic (exact) mass is 251 g/mol. The Balaban J connectivity index is 4.85. The van der Waals surface area contributed by atoms with Crippen LogP contribution < -0.4 is 4.72 Å². The lowest BCUT2D eigenvalue weighted by Crippen LogP contribution is -2.48. The quantitative estimate of drug-likeness (QED) is 0.769. The van der Waals surface area contributed by atoms with Gasteiger partial charge in [-0.15, -0.1) is 0 Å². The number of hydrogen-bond acceptors (Lipinski definition) is 3. The molecule has 0 saturated carbocycles. The van der Waals surface area contributed by atoms with Crippen LogP contribution in [-0.2, 0) is 14.8 Å². The van der Waals surface area contributed by atoms with E-state index in [0.717, 1.165) is 0 Å². The van der Waals surface area contributed by atoms with Gasteiger partial charge in [0, 0.05) is 0 Å². The van der Waals surface area contributed by atoms with Crippen molar-refractivity contribution in [3.8, 4) is 0 Å². The van der Waals surface area contributed by atoms with Crippen LogP contribution in [0.25, 0.3) is 0 Å². The van der Waals surface area contributed by atoms with E-state index in [4.69, 9.17) is 5.11 Å². The van der Waals surface area contributed by atoms with Crippen LogP contribution in [0.4, 0.5) is 0 Å². The van der Waals surface area contributed by atoms with Gasteiger partial charge in [0.1, 0.15) is 6.04 Å². The third kappa shape index (κ3) is 4.49. The van der Waals surface area contributed by atoms with E-state index in [2.05, 4.69) is 4.72 Å². The molecule has 0 fully saturated rings. The third-order valence-corrected chi connectivity index (χ3v) is 4.32. The molecular weight excluding hydrogens is 230 g/mol. The average molecular weight is 251 g/mol. The fourth-order valence-electron chi connectivity index (χ4n) is 1.03. The molecule has 0 aliphatic rings. The number of carboxylic acid groups (broad SMARTS) is 1. The second-order valence-electron chi connectivity index (χ2n) is 5.25. The largest absolute Gasteiger partial charge is 0.480 e. The number of carboxylic acids is 1. The highest BCUT2D eigenvalue weighted by molar-refractivity contribution is 7.90. The number of rotatable bonds is 5. The zero-order valence-electron chi connectivity index (χ0n) is 10.4. The minimum atomic E-state index is -3.62. The molecule has 96 valence electrons. The summed E-state index contributed by atoms with van der Waals surface area (Å²) < 4.78 is 24.8. The fraction of sp³-hybridized carbons (Fsp3) is 0.900. The number of carbonyl (C=O) groups is 1. The van der Waals surface area contributed by atoms with E-state index >= 15 is 0 Å². The van der Waals surface area contributed by atoms with Crippen molar-refractivity contribution in [2.45, 2.75) is 51.8 Å². The zero-order valence-corrected chi connectivity index (χ0v) is 11.3. The van der Waals surface area contributed by atoms with Gasteiger partial charge in [0.05, 0.1) is 4.75 Å². The van der Waals surface area contributed by atoms with E-state index in [-0.39, 0.29) is 12.3 Å². The number of hydrogen-bond donors (Lipinski definition) is 2. The van der Waals surface area contributed by atoms with Crippen molar-refractivity contribution >= 4 is 16.0 Å². The molecule has 0 unspecified atom stereocenters. The normalized spacial score (nSPS) is 15.1. The predicted molar refractivity (Wildman–Crippen MR) is 62.7 cm³/mol. The lowest BCUT2D eigenvalue weighted by Gasteiger charge is -2.24. The Kier molecular flexibility index (Phi) is 4.94. The Hall–Kier alpha value is -0.620. The Labute approximate surface area is 97.3 Å². The maximum Gasteiger partial charge on any atom is 0.321 e. The summed E-state index contributed by atoms with van der Waals surface area (Å²) in [6.07, 6.45) is 0.282. The second-order valence-corrected chi connectivity index (χ2v) is 7.72. The van der Waals surface area contributed by atoms with Gasteiger partial charge in [-0.1, -0.05) is 13.8 Å². The smallest absolute Gasteiger partial charge is 0.321 e. The molecule has 0 spiro atoms. The highest BCUT2D eigenvalue weighted by Crippen LogP contribution is 2.15. The van der Waals surface area contributed by atoms with Crippen molar-refractivity contribution in [2.75, 3.05) is 0 Å². The molecule has 1 atom stereocenters. The van der Waals surface area contributed by atoms with Crippen LogP contribution in [0.2, 0.25) is 0 Å². The van der Waals surface area contributed by atoms with Crippen LogP contribution in [0, 0.1) is 5.92 Å². The van der Waals surface area contributed by atoms with Gasteiger partial charge in [0.25, 0.3) is 0 Å². The van der Waals surface area contributed by atoms with Gasteiger partial charge in [0.15, 0.2) is 0 Å². The molecule has 0 rings (SSSR count). The molecule has 0 bridgehead atoms. The summed E-state index contributed by atoms with van der Waals surface area (Å²) in [6, 6.07) is -1.05. The van der Waals surface area contributed by atoms with Crippen molar-refractivity contribution in [1.82, 2.24) is 4.72 Å². The lowest BCUT2D eigenvalue weighted by atomic mass is 10.1. The molecule has 0 heterocycles. The molecule has 6 heteroatoms. The minimum absolute atomic E-state index is 0.115. The maximum absolute atomic E-state index is 11.8. The molecule has 5 nitrogen and oxygen atoms in total. The van der Waals surface area contributed by atoms with Gasteiger partial charge in [-0.25, -0.2) is 13.1 Å². The first kappa shape index (κ1) is 15.4. The van der Waals surface area contributed by atoms with Crippen LogP contribution in [0.3, 0.4) is 0 Å². The topological polar surface area (TPSA) is 83.5 Å². The van der Waals surface area contributed by atoms with Gasteiger partial charge < -0.3 is 5.11 Å². The summed E-state index contributed by atoms with van der Waals surface area (Å²) in [5.74, 6) is -1.02. The average Bonchev–Trinajstić information content (AvgIpc) is 1.98. The van der Waals surface area contributed by atoms with Crippen molar-refractivity contribution in [1.29, 1.82) is 0 Å². The minimum Gasteiger partial charge on any atom is -0.480 e. The molecule has 0 amide bonds. The van der Waals surface area contributed by atoms with E-state index in [0.29, 0.717) is 0 Å². The third-order valence-electron chi connectivity index (χ3n) is 2.11. The predicted octanol–water partition coefficient (Wildman–Crippen LogP) is 1.20. The summed E-state index contributed by atoms with van der Waals surface area (Å²) in [6.45, 7) is 8.29. The van der Waals surface area contributed by atoms with Crippen LogP contribution in [-0.4, -0.2) is 30.3 Å². The van der Waals surface area contributed by atoms with Crippen LogP contribution in [0.5, 0.6) is 0 Å². The Bertz CT molecular complexity index is 340. The van der Waals surface area contributed by atoms with Gasteiger partial charge in [-0.3, -0.25) is 4.79 Å². The fourth-order valence-corrected chi connectivity index (χ4v) is 1.96. The molecule has 0 aromatic rings. The summed E-state index contributed by atoms with van der Waals surface area (Å²) >= 11 is 0. The molecule has 0 radical (unpaired) electrons. The van der Waals surface area contributed by atoms with Crippen LogP contribution in [0.1, 0.15) is 41.0 Å². The standard InChI is InChI=1S/C10H21NO4S/c1-7(2)6-8(9(12)13)11-16(14,15)10(3,4)5/h7-8,11H,6H2,1-5H3,(H,12,13)/t8-/m0/s1. The van der Waals surface area contributed by atoms with Crippen molar-refractivity contribution in [3.05, 3.63) is 0 Å². The number of aliphatic carboxylic acids is 1. The second kappa shape index (κ2) is 5.14. The van der Waals surface area contributed by atoms with E-state index in [1.807, 2.05) is 13.8 Å². The summed E-state index contributed by atoms with van der Waals surface area (Å²) in [5.41, 5.74) is 0. The summed E-state index contributed by atoms with van der Waals surface area (Å²) in [4.78, 5) is 10.9. The first-order valence-corrected chi connectivity index (χ1v) is 6.70. The van der Waals surface area contributed by atoms with Crippen molar-refractivity contribution in [3.63, 3.8) is 0 Å². The number of nitrogens with one attached hydrogen (secondary N) is 1. The van der Waals surface area contributed by atoms with Crippen LogP contribution in [0.15, 0.2) is 0 Å². The highest BCUT2D eigenvalue weighted by atomic mass is 32.2. The van der Waals surface area contributed by atoms with Gasteiger partial charge in [-0.05, 0) is 33.1 Å². The molecule has 0 aromatic carbocycles. The van der Waals surface area contributed by atoms with Crippen LogP contribution >= 0.6 is 0 Å². The Morgan fingerprint density at radius 3 is 2.00 bits per heavy atom. The lowest BCUT2D eigenvalue weighted by molar-refractivity contribution is -0.139. The van der Waals surface area contributed by atoms with Crippen molar-refractivity contribution in [2.24, 2.45) is 5.92 Å². The van der Waals surface area contributed by atoms with Gasteiger partial charge >= 0.3 is 5.97 Å². The molecule has 0 aromatic heterocycles. The molecule has 0 saturated heterocycles. The molecule has 2 N–H and O–H groups in total. The SMILES string of the molecule is CC(C)C[C@H](NS(=O)(=O)C(C)(C)C)C(=O)O. The zero-order chi connectivity index (χ0) is 13.1. The Morgan fingerprint density at radius 2 is 1.75 bits per heavy atom. The van der Waals surface area contributed by atoms with E-state index in [1.54, 1.807) is 0 Å². The molecule has 0 aliphatic carbocycles. The van der Waals surface area contributed by atoms with Gasteiger partial charge in [-0.2, -0.15) is 0 Å². The van der Waals surface area contributed by atoms with E-state index in [1.165, 1.54) is 20.8 Å². The van der Waals surface area contributed by atoms with E-state index < -0.39 is 26.8 Å². The highest BCUT2D eigenvalue weighted by Gasteiger charge is 2.33. The molecule has 0 aliphatic heterocycles. The first-order chi connectivity index (χ1) is 6.97.